The fourth-order valence-corrected chi connectivity index (χ4v) is 3.13. The van der Waals surface area contributed by atoms with Crippen molar-refractivity contribution in [3.05, 3.63) is 58.6 Å². The van der Waals surface area contributed by atoms with Crippen LogP contribution in [0.15, 0.2) is 47.4 Å². The van der Waals surface area contributed by atoms with E-state index in [-0.39, 0.29) is 17.3 Å². The molecule has 0 heterocycles. The predicted octanol–water partition coefficient (Wildman–Crippen LogP) is 3.66. The van der Waals surface area contributed by atoms with Crippen LogP contribution in [-0.2, 0) is 9.84 Å². The lowest BCUT2D eigenvalue weighted by Crippen LogP contribution is -1.99. The largest absolute Gasteiger partial charge is 0.493 e. The van der Waals surface area contributed by atoms with E-state index in [9.17, 15) is 13.2 Å². The maximum Gasteiger partial charge on any atom is 0.185 e. The van der Waals surface area contributed by atoms with Crippen LogP contribution in [0.2, 0.25) is 5.02 Å². The van der Waals surface area contributed by atoms with Gasteiger partial charge in [0, 0.05) is 11.8 Å². The number of hydrogen-bond acceptors (Lipinski definition) is 5. The van der Waals surface area contributed by atoms with E-state index in [1.807, 2.05) is 0 Å². The van der Waals surface area contributed by atoms with Crippen molar-refractivity contribution in [3.8, 4) is 23.8 Å². The number of ketones is 1. The highest BCUT2D eigenvalue weighted by atomic mass is 35.5. The summed E-state index contributed by atoms with van der Waals surface area (Å²) in [6.45, 7) is 0.0488. The summed E-state index contributed by atoms with van der Waals surface area (Å²) in [5.41, 5.74) is 0.997. The third kappa shape index (κ3) is 5.36. The average Bonchev–Trinajstić information content (AvgIpc) is 2.64. The molecule has 27 heavy (non-hydrogen) atoms. The molecule has 0 saturated heterocycles. The molecule has 140 valence electrons. The number of carbonyl (C=O) groups is 1. The Balaban J connectivity index is 2.23. The molecule has 0 fully saturated rings. The van der Waals surface area contributed by atoms with Crippen molar-refractivity contribution in [1.29, 1.82) is 0 Å². The van der Waals surface area contributed by atoms with Gasteiger partial charge in [-0.1, -0.05) is 23.6 Å². The van der Waals surface area contributed by atoms with E-state index in [4.69, 9.17) is 27.5 Å². The topological polar surface area (TPSA) is 69.7 Å². The third-order valence-electron chi connectivity index (χ3n) is 3.55. The van der Waals surface area contributed by atoms with Gasteiger partial charge in [0.2, 0.25) is 0 Å². The van der Waals surface area contributed by atoms with Crippen LogP contribution >= 0.6 is 11.6 Å². The fraction of sp³-hybridized carbons (Fsp3) is 0.150. The molecule has 0 amide bonds. The van der Waals surface area contributed by atoms with Gasteiger partial charge in [-0.15, -0.1) is 6.42 Å². The van der Waals surface area contributed by atoms with Gasteiger partial charge in [0.1, 0.15) is 6.61 Å². The SMILES string of the molecule is C#CCOc1c(Cl)cc(/C=C/C(=O)c2ccc(S(C)(=O)=O)cc2)cc1OC. The molecule has 0 aromatic heterocycles. The molecule has 0 radical (unpaired) electrons. The molecular weight excluding hydrogens is 388 g/mol. The standard InChI is InChI=1S/C20H17ClO5S/c1-4-11-26-20-17(21)12-14(13-19(20)25-2)5-10-18(22)15-6-8-16(9-7-15)27(3,23)24/h1,5-10,12-13H,11H2,2-3H3/b10-5+. The highest BCUT2D eigenvalue weighted by Crippen LogP contribution is 2.36. The zero-order valence-electron chi connectivity index (χ0n) is 14.7. The van der Waals surface area contributed by atoms with Gasteiger partial charge in [0.25, 0.3) is 0 Å². The minimum Gasteiger partial charge on any atom is -0.493 e. The van der Waals surface area contributed by atoms with Gasteiger partial charge in [-0.2, -0.15) is 0 Å². The number of hydrogen-bond donors (Lipinski definition) is 0. The Labute approximate surface area is 163 Å². The molecule has 0 aliphatic heterocycles. The number of methoxy groups -OCH3 is 1. The third-order valence-corrected chi connectivity index (χ3v) is 4.95. The Morgan fingerprint density at radius 3 is 2.48 bits per heavy atom. The zero-order valence-corrected chi connectivity index (χ0v) is 16.3. The first-order chi connectivity index (χ1) is 12.8. The molecule has 0 unspecified atom stereocenters. The number of terminal acetylenes is 1. The quantitative estimate of drug-likeness (QED) is 0.400. The molecule has 0 spiro atoms. The Morgan fingerprint density at radius 1 is 1.26 bits per heavy atom. The van der Waals surface area contributed by atoms with Crippen LogP contribution in [0.4, 0.5) is 0 Å². The van der Waals surface area contributed by atoms with Gasteiger partial charge >= 0.3 is 0 Å². The molecule has 0 aliphatic rings. The number of sulfone groups is 1. The summed E-state index contributed by atoms with van der Waals surface area (Å²) >= 11 is 6.19. The van der Waals surface area contributed by atoms with Gasteiger partial charge < -0.3 is 9.47 Å². The van der Waals surface area contributed by atoms with Gasteiger partial charge in [-0.25, -0.2) is 8.42 Å². The minimum atomic E-state index is -3.31. The summed E-state index contributed by atoms with van der Waals surface area (Å²) in [7, 11) is -1.84. The average molecular weight is 405 g/mol. The van der Waals surface area contributed by atoms with E-state index in [2.05, 4.69) is 5.92 Å². The Kier molecular flexibility index (Phi) is 6.67. The van der Waals surface area contributed by atoms with Crippen molar-refractivity contribution < 1.29 is 22.7 Å². The van der Waals surface area contributed by atoms with E-state index >= 15 is 0 Å². The monoisotopic (exact) mass is 404 g/mol. The molecule has 5 nitrogen and oxygen atoms in total. The molecule has 2 rings (SSSR count). The first-order valence-corrected chi connectivity index (χ1v) is 9.99. The second-order valence-electron chi connectivity index (χ2n) is 5.52. The molecule has 2 aromatic rings. The van der Waals surface area contributed by atoms with Gasteiger partial charge in [0.15, 0.2) is 27.1 Å². The molecule has 7 heteroatoms. The molecule has 0 atom stereocenters. The fourth-order valence-electron chi connectivity index (χ4n) is 2.22. The summed E-state index contributed by atoms with van der Waals surface area (Å²) in [5, 5.41) is 0.300. The molecule has 0 saturated carbocycles. The number of halogens is 1. The number of allylic oxidation sites excluding steroid dienone is 1. The molecule has 0 N–H and O–H groups in total. The van der Waals surface area contributed by atoms with Crippen molar-refractivity contribution in [2.45, 2.75) is 4.90 Å². The van der Waals surface area contributed by atoms with Gasteiger partial charge in [-0.05, 0) is 48.0 Å². The summed E-state index contributed by atoms with van der Waals surface area (Å²) in [6, 6.07) is 9.00. The van der Waals surface area contributed by atoms with Crippen LogP contribution in [0.1, 0.15) is 15.9 Å². The molecule has 0 aliphatic carbocycles. The van der Waals surface area contributed by atoms with Crippen LogP contribution in [0.5, 0.6) is 11.5 Å². The Hall–Kier alpha value is -2.75. The van der Waals surface area contributed by atoms with Crippen LogP contribution in [-0.4, -0.2) is 34.2 Å². The minimum absolute atomic E-state index is 0.0488. The smallest absolute Gasteiger partial charge is 0.185 e. The molecule has 0 bridgehead atoms. The van der Waals surface area contributed by atoms with Crippen molar-refractivity contribution in [2.75, 3.05) is 20.0 Å². The maximum atomic E-state index is 12.3. The van der Waals surface area contributed by atoms with Gasteiger partial charge in [0.05, 0.1) is 17.0 Å². The highest BCUT2D eigenvalue weighted by Gasteiger charge is 2.12. The van der Waals surface area contributed by atoms with Gasteiger partial charge in [-0.3, -0.25) is 4.79 Å². The second kappa shape index (κ2) is 8.76. The van der Waals surface area contributed by atoms with Crippen LogP contribution in [0.25, 0.3) is 6.08 Å². The van der Waals surface area contributed by atoms with Crippen molar-refractivity contribution >= 4 is 33.3 Å². The normalized spacial score (nSPS) is 11.2. The molecule has 2 aromatic carbocycles. The summed E-state index contributed by atoms with van der Waals surface area (Å²) in [6.07, 6.45) is 9.22. The number of carbonyl (C=O) groups excluding carboxylic acids is 1. The van der Waals surface area contributed by atoms with E-state index in [0.29, 0.717) is 27.6 Å². The van der Waals surface area contributed by atoms with Crippen LogP contribution in [0.3, 0.4) is 0 Å². The van der Waals surface area contributed by atoms with Crippen molar-refractivity contribution in [1.82, 2.24) is 0 Å². The van der Waals surface area contributed by atoms with Crippen LogP contribution in [0, 0.1) is 12.3 Å². The summed E-state index contributed by atoms with van der Waals surface area (Å²) in [5.74, 6) is 2.79. The number of ether oxygens (including phenoxy) is 2. The lowest BCUT2D eigenvalue weighted by Gasteiger charge is -2.11. The van der Waals surface area contributed by atoms with E-state index in [0.717, 1.165) is 6.26 Å². The Bertz CT molecular complexity index is 1020. The van der Waals surface area contributed by atoms with Crippen molar-refractivity contribution in [2.24, 2.45) is 0 Å². The zero-order chi connectivity index (χ0) is 20.0. The van der Waals surface area contributed by atoms with E-state index in [1.165, 1.54) is 37.5 Å². The lowest BCUT2D eigenvalue weighted by molar-refractivity contribution is 0.104. The number of rotatable bonds is 7. The summed E-state index contributed by atoms with van der Waals surface area (Å²) in [4.78, 5) is 12.4. The second-order valence-corrected chi connectivity index (χ2v) is 7.94. The number of benzene rings is 2. The van der Waals surface area contributed by atoms with E-state index < -0.39 is 9.84 Å². The highest BCUT2D eigenvalue weighted by molar-refractivity contribution is 7.90. The van der Waals surface area contributed by atoms with E-state index in [1.54, 1.807) is 18.2 Å². The maximum absolute atomic E-state index is 12.3. The van der Waals surface area contributed by atoms with Crippen LogP contribution < -0.4 is 9.47 Å². The Morgan fingerprint density at radius 2 is 1.93 bits per heavy atom. The summed E-state index contributed by atoms with van der Waals surface area (Å²) < 4.78 is 33.5. The van der Waals surface area contributed by atoms with Crippen molar-refractivity contribution in [3.63, 3.8) is 0 Å². The first kappa shape index (κ1) is 20.6. The lowest BCUT2D eigenvalue weighted by atomic mass is 10.1. The molecular formula is C20H17ClO5S. The first-order valence-electron chi connectivity index (χ1n) is 7.72. The predicted molar refractivity (Wildman–Crippen MR) is 105 cm³/mol.